The molecule has 4 saturated carbocycles. The van der Waals surface area contributed by atoms with Gasteiger partial charge in [-0.05, 0) is 172 Å². The maximum Gasteiger partial charge on any atom is 0.0468 e. The van der Waals surface area contributed by atoms with E-state index in [0.717, 1.165) is 36.3 Å². The molecule has 0 aliphatic heterocycles. The number of hydrogen-bond acceptors (Lipinski definition) is 1. The Kier molecular flexibility index (Phi) is 7.29. The number of hydrogen-bond donors (Lipinski definition) is 0. The minimum Gasteiger partial charge on any atom is -0.310 e. The Morgan fingerprint density at radius 3 is 1.72 bits per heavy atom. The van der Waals surface area contributed by atoms with E-state index in [4.69, 9.17) is 0 Å². The second-order valence-corrected chi connectivity index (χ2v) is 18.0. The van der Waals surface area contributed by atoms with Crippen molar-refractivity contribution in [1.82, 2.24) is 0 Å². The topological polar surface area (TPSA) is 3.24 Å². The molecule has 6 aliphatic carbocycles. The molecule has 6 aromatic carbocycles. The molecule has 0 aromatic heterocycles. The molecule has 6 aromatic rings. The first-order chi connectivity index (χ1) is 26.4. The molecular weight excluding hydrogens is 651 g/mol. The second-order valence-electron chi connectivity index (χ2n) is 18.0. The van der Waals surface area contributed by atoms with E-state index in [0.29, 0.717) is 5.41 Å². The predicted octanol–water partition coefficient (Wildman–Crippen LogP) is 14.5. The minimum absolute atomic E-state index is 0.0147. The van der Waals surface area contributed by atoms with Crippen LogP contribution in [0.25, 0.3) is 38.6 Å². The number of nitrogens with zero attached hydrogens (tertiary/aromatic N) is 1. The standard InChI is InChI=1S/C53H49N/c1-52(2)50-10-6-5-9-48(50)49-26-25-47(31-51(49)52)54(46-24-19-38-7-3-4-8-43(38)30-46)45-22-17-42(18-23-45)40-13-11-39(12-14-40)41-15-20-44(21-16-41)53-32-35-27-36(33-53)29-37(28-35)34-53/h3-4,6-8,10-26,30-31,35-37H,5,9,27-29,32-34H2,1-2H3. The maximum atomic E-state index is 2.47. The Hall–Kier alpha value is -5.14. The van der Waals surface area contributed by atoms with Crippen molar-refractivity contribution in [1.29, 1.82) is 0 Å². The summed E-state index contributed by atoms with van der Waals surface area (Å²) in [4.78, 5) is 2.44. The number of anilines is 3. The van der Waals surface area contributed by atoms with Crippen molar-refractivity contribution >= 4 is 33.4 Å². The van der Waals surface area contributed by atoms with Crippen molar-refractivity contribution < 1.29 is 0 Å². The summed E-state index contributed by atoms with van der Waals surface area (Å²) in [6, 6.07) is 50.8. The first-order valence-corrected chi connectivity index (χ1v) is 20.6. The van der Waals surface area contributed by atoms with Crippen molar-refractivity contribution in [3.8, 4) is 22.3 Å². The van der Waals surface area contributed by atoms with Crippen molar-refractivity contribution in [2.75, 3.05) is 4.90 Å². The maximum absolute atomic E-state index is 2.47. The summed E-state index contributed by atoms with van der Waals surface area (Å²) in [5, 5.41) is 2.51. The van der Waals surface area contributed by atoms with Crippen LogP contribution in [0.2, 0.25) is 0 Å². The first kappa shape index (κ1) is 32.3. The van der Waals surface area contributed by atoms with Gasteiger partial charge in [0.1, 0.15) is 0 Å². The quantitative estimate of drug-likeness (QED) is 0.167. The van der Waals surface area contributed by atoms with E-state index in [1.54, 1.807) is 5.56 Å². The van der Waals surface area contributed by atoms with Gasteiger partial charge in [-0.2, -0.15) is 0 Å². The third-order valence-corrected chi connectivity index (χ3v) is 14.3. The molecule has 266 valence electrons. The molecule has 4 fully saturated rings. The highest BCUT2D eigenvalue weighted by molar-refractivity contribution is 5.91. The van der Waals surface area contributed by atoms with Crippen LogP contribution in [-0.4, -0.2) is 0 Å². The van der Waals surface area contributed by atoms with Crippen LogP contribution in [0.1, 0.15) is 81.9 Å². The summed E-state index contributed by atoms with van der Waals surface area (Å²) in [5.41, 5.74) is 16.6. The van der Waals surface area contributed by atoms with Gasteiger partial charge in [-0.15, -0.1) is 0 Å². The lowest BCUT2D eigenvalue weighted by Gasteiger charge is -2.57. The summed E-state index contributed by atoms with van der Waals surface area (Å²) in [6.45, 7) is 4.79. The van der Waals surface area contributed by atoms with Crippen molar-refractivity contribution in [2.24, 2.45) is 17.8 Å². The van der Waals surface area contributed by atoms with E-state index in [-0.39, 0.29) is 5.41 Å². The summed E-state index contributed by atoms with van der Waals surface area (Å²) < 4.78 is 0. The largest absolute Gasteiger partial charge is 0.310 e. The average Bonchev–Trinajstić information content (AvgIpc) is 3.43. The van der Waals surface area contributed by atoms with Gasteiger partial charge in [0.15, 0.2) is 0 Å². The van der Waals surface area contributed by atoms with Crippen molar-refractivity contribution in [3.63, 3.8) is 0 Å². The van der Waals surface area contributed by atoms with Crippen LogP contribution in [-0.2, 0) is 10.8 Å². The Morgan fingerprint density at radius 2 is 1.07 bits per heavy atom. The van der Waals surface area contributed by atoms with Gasteiger partial charge >= 0.3 is 0 Å². The fourth-order valence-corrected chi connectivity index (χ4v) is 12.0. The Balaban J connectivity index is 0.892. The first-order valence-electron chi connectivity index (χ1n) is 20.6. The summed E-state index contributed by atoms with van der Waals surface area (Å²) in [5.74, 6) is 2.93. The molecule has 0 heterocycles. The van der Waals surface area contributed by atoms with Crippen LogP contribution in [0.3, 0.4) is 0 Å². The molecule has 0 amide bonds. The van der Waals surface area contributed by atoms with Crippen LogP contribution >= 0.6 is 0 Å². The highest BCUT2D eigenvalue weighted by atomic mass is 15.1. The zero-order valence-electron chi connectivity index (χ0n) is 31.7. The van der Waals surface area contributed by atoms with Crippen LogP contribution in [0, 0.1) is 17.8 Å². The van der Waals surface area contributed by atoms with Gasteiger partial charge in [0.25, 0.3) is 0 Å². The lowest BCUT2D eigenvalue weighted by Crippen LogP contribution is -2.48. The molecule has 0 spiro atoms. The molecule has 0 atom stereocenters. The summed E-state index contributed by atoms with van der Waals surface area (Å²) >= 11 is 0. The third kappa shape index (κ3) is 5.19. The van der Waals surface area contributed by atoms with Crippen LogP contribution in [0.4, 0.5) is 17.1 Å². The highest BCUT2D eigenvalue weighted by Crippen LogP contribution is 2.61. The molecular formula is C53H49N. The average molecular weight is 700 g/mol. The smallest absolute Gasteiger partial charge is 0.0468 e. The Bertz CT molecular complexity index is 2440. The van der Waals surface area contributed by atoms with E-state index < -0.39 is 0 Å². The Morgan fingerprint density at radius 1 is 0.537 bits per heavy atom. The van der Waals surface area contributed by atoms with E-state index in [1.165, 1.54) is 105 Å². The Labute approximate surface area is 321 Å². The number of rotatable bonds is 6. The van der Waals surface area contributed by atoms with Crippen LogP contribution in [0.5, 0.6) is 0 Å². The second kappa shape index (κ2) is 12.2. The lowest BCUT2D eigenvalue weighted by atomic mass is 9.48. The van der Waals surface area contributed by atoms with Gasteiger partial charge in [-0.1, -0.05) is 123 Å². The highest BCUT2D eigenvalue weighted by Gasteiger charge is 2.51. The number of benzene rings is 6. The monoisotopic (exact) mass is 699 g/mol. The molecule has 0 radical (unpaired) electrons. The number of allylic oxidation sites excluding steroid dienone is 4. The van der Waals surface area contributed by atoms with Gasteiger partial charge in [0, 0.05) is 22.5 Å². The van der Waals surface area contributed by atoms with E-state index in [1.807, 2.05) is 0 Å². The van der Waals surface area contributed by atoms with Crippen LogP contribution < -0.4 is 4.90 Å². The zero-order valence-corrected chi connectivity index (χ0v) is 31.7. The molecule has 6 aliphatic rings. The fourth-order valence-electron chi connectivity index (χ4n) is 12.0. The van der Waals surface area contributed by atoms with Crippen molar-refractivity contribution in [2.45, 2.75) is 76.0 Å². The minimum atomic E-state index is -0.0147. The van der Waals surface area contributed by atoms with Gasteiger partial charge in [0.05, 0.1) is 0 Å². The molecule has 54 heavy (non-hydrogen) atoms. The normalized spacial score (nSPS) is 24.5. The molecule has 1 nitrogen and oxygen atoms in total. The predicted molar refractivity (Wildman–Crippen MR) is 228 cm³/mol. The molecule has 12 rings (SSSR count). The van der Waals surface area contributed by atoms with E-state index in [2.05, 4.69) is 164 Å². The van der Waals surface area contributed by atoms with Gasteiger partial charge in [-0.3, -0.25) is 0 Å². The lowest BCUT2D eigenvalue weighted by molar-refractivity contribution is -0.00518. The summed E-state index contributed by atoms with van der Waals surface area (Å²) in [7, 11) is 0. The molecule has 4 bridgehead atoms. The molecule has 1 heteroatoms. The van der Waals surface area contributed by atoms with Gasteiger partial charge in [0.2, 0.25) is 0 Å². The van der Waals surface area contributed by atoms with E-state index in [9.17, 15) is 0 Å². The molecule has 0 saturated heterocycles. The summed E-state index contributed by atoms with van der Waals surface area (Å²) in [6.07, 6.45) is 15.8. The zero-order chi connectivity index (χ0) is 36.0. The fraction of sp³-hybridized carbons (Fsp3) is 0.283. The molecule has 0 N–H and O–H groups in total. The van der Waals surface area contributed by atoms with Crippen LogP contribution in [0.15, 0.2) is 151 Å². The third-order valence-electron chi connectivity index (χ3n) is 14.3. The SMILES string of the molecule is CC1(C)C2=C(CCC=C2)c2ccc(N(c3ccc(-c4ccc(-c5ccc(C67CC8CC(CC(C8)C6)C7)cc5)cc4)cc3)c3ccc4ccccc4c3)cc21. The number of fused-ring (bicyclic) bond motifs is 3. The van der Waals surface area contributed by atoms with Gasteiger partial charge in [-0.25, -0.2) is 0 Å². The van der Waals surface area contributed by atoms with E-state index >= 15 is 0 Å². The van der Waals surface area contributed by atoms with Gasteiger partial charge < -0.3 is 4.90 Å². The van der Waals surface area contributed by atoms with Crippen molar-refractivity contribution in [3.05, 3.63) is 168 Å². The molecule has 0 unspecified atom stereocenters.